The van der Waals surface area contributed by atoms with E-state index in [9.17, 15) is 19.4 Å². The summed E-state index contributed by atoms with van der Waals surface area (Å²) in [5.74, 6) is 1.56. The predicted octanol–water partition coefficient (Wildman–Crippen LogP) is 9.00. The van der Waals surface area contributed by atoms with Gasteiger partial charge in [-0.05, 0) is 72.9 Å². The highest BCUT2D eigenvalue weighted by Gasteiger charge is 2.65. The molecule has 3 rings (SSSR count). The maximum Gasteiger partial charge on any atom is 0.310 e. The van der Waals surface area contributed by atoms with E-state index >= 15 is 0 Å². The number of benzene rings is 2. The molecule has 2 aromatic rings. The minimum Gasteiger partial charge on any atom is -0.489 e. The van der Waals surface area contributed by atoms with Crippen LogP contribution < -0.4 is 4.74 Å². The van der Waals surface area contributed by atoms with Gasteiger partial charge in [0.2, 0.25) is 0 Å². The van der Waals surface area contributed by atoms with Crippen LogP contribution in [0.3, 0.4) is 0 Å². The van der Waals surface area contributed by atoms with Crippen LogP contribution in [0.1, 0.15) is 62.5 Å². The highest BCUT2D eigenvalue weighted by Crippen LogP contribution is 3.02. The molecule has 2 aromatic carbocycles. The monoisotopic (exact) mass is 434 g/mol. The van der Waals surface area contributed by atoms with Crippen molar-refractivity contribution >= 4 is 10.2 Å². The summed E-state index contributed by atoms with van der Waals surface area (Å²) in [4.78, 5) is -1.91. The number of hydrogen-bond donors (Lipinski definition) is 0. The van der Waals surface area contributed by atoms with E-state index in [1.807, 2.05) is 12.1 Å². The molecule has 0 heterocycles. The molecule has 0 N–H and O–H groups in total. The van der Waals surface area contributed by atoms with Gasteiger partial charge >= 0.3 is 10.2 Å². The smallest absolute Gasteiger partial charge is 0.310 e. The fourth-order valence-electron chi connectivity index (χ4n) is 4.04. The molecule has 1 aliphatic carbocycles. The molecule has 1 saturated carbocycles. The van der Waals surface area contributed by atoms with Crippen molar-refractivity contribution in [3.63, 3.8) is 0 Å². The average molecular weight is 435 g/mol. The number of rotatable bonds is 7. The molecule has 0 aliphatic heterocycles. The van der Waals surface area contributed by atoms with Gasteiger partial charge in [-0.3, -0.25) is 0 Å². The van der Waals surface area contributed by atoms with Gasteiger partial charge in [0.15, 0.2) is 0 Å². The maximum atomic E-state index is 12.7. The van der Waals surface area contributed by atoms with Gasteiger partial charge in [-0.1, -0.05) is 63.5 Å². The molecule has 0 radical (unpaired) electrons. The molecule has 162 valence electrons. The van der Waals surface area contributed by atoms with E-state index in [1.54, 1.807) is 0 Å². The maximum absolute atomic E-state index is 12.7. The Hall–Kier alpha value is -1.76. The number of ether oxygens (including phenoxy) is 1. The summed E-state index contributed by atoms with van der Waals surface area (Å²) in [6, 6.07) is 10.7. The van der Waals surface area contributed by atoms with E-state index in [0.717, 1.165) is 23.6 Å². The zero-order chi connectivity index (χ0) is 21.2. The van der Waals surface area contributed by atoms with Gasteiger partial charge < -0.3 is 4.74 Å². The highest BCUT2D eigenvalue weighted by molar-refractivity contribution is 8.45. The van der Waals surface area contributed by atoms with Crippen LogP contribution in [0, 0.1) is 5.92 Å². The van der Waals surface area contributed by atoms with Gasteiger partial charge in [-0.2, -0.15) is 0 Å². The first kappa shape index (κ1) is 21.9. The zero-order valence-electron chi connectivity index (χ0n) is 16.4. The average Bonchev–Trinajstić information content (AvgIpc) is 2.66. The van der Waals surface area contributed by atoms with E-state index in [4.69, 9.17) is 4.74 Å². The topological polar surface area (TPSA) is 9.23 Å². The predicted molar refractivity (Wildman–Crippen MR) is 108 cm³/mol. The van der Waals surface area contributed by atoms with Crippen molar-refractivity contribution in [1.29, 1.82) is 0 Å². The van der Waals surface area contributed by atoms with Crippen molar-refractivity contribution in [2.75, 3.05) is 0 Å². The first-order valence-corrected chi connectivity index (χ1v) is 12.0. The molecule has 7 heteroatoms. The van der Waals surface area contributed by atoms with Crippen LogP contribution in [0.2, 0.25) is 0 Å². The van der Waals surface area contributed by atoms with Crippen LogP contribution in [-0.2, 0) is 6.61 Å². The lowest BCUT2D eigenvalue weighted by Crippen LogP contribution is -2.13. The van der Waals surface area contributed by atoms with Gasteiger partial charge in [0.05, 0.1) is 0 Å². The first-order chi connectivity index (χ1) is 13.4. The quantitative estimate of drug-likeness (QED) is 0.395. The van der Waals surface area contributed by atoms with Gasteiger partial charge in [0, 0.05) is 0 Å². The van der Waals surface area contributed by atoms with E-state index < -0.39 is 15.1 Å². The summed E-state index contributed by atoms with van der Waals surface area (Å²) in [6.45, 7) is 2.40. The van der Waals surface area contributed by atoms with Crippen molar-refractivity contribution < 1.29 is 24.2 Å². The van der Waals surface area contributed by atoms with Gasteiger partial charge in [-0.15, -0.1) is 0 Å². The van der Waals surface area contributed by atoms with Crippen LogP contribution in [0.15, 0.2) is 53.4 Å². The molecular formula is C22H27F5OS. The van der Waals surface area contributed by atoms with Gasteiger partial charge in [-0.25, -0.2) is 0 Å². The second kappa shape index (κ2) is 7.49. The Labute approximate surface area is 169 Å². The largest absolute Gasteiger partial charge is 0.489 e. The Morgan fingerprint density at radius 1 is 0.828 bits per heavy atom. The number of halogens is 5. The third-order valence-corrected chi connectivity index (χ3v) is 6.83. The normalized spacial score (nSPS) is 22.6. The second-order valence-electron chi connectivity index (χ2n) is 7.98. The van der Waals surface area contributed by atoms with E-state index in [1.165, 1.54) is 44.1 Å². The summed E-state index contributed by atoms with van der Waals surface area (Å²) >= 11 is 0. The van der Waals surface area contributed by atoms with Gasteiger partial charge in [0.1, 0.15) is 17.3 Å². The van der Waals surface area contributed by atoms with Crippen LogP contribution >= 0.6 is 10.2 Å². The molecule has 0 bridgehead atoms. The molecule has 0 amide bonds. The lowest BCUT2D eigenvalue weighted by atomic mass is 9.77. The number of hydrogen-bond acceptors (Lipinski definition) is 1. The van der Waals surface area contributed by atoms with Crippen LogP contribution in [0.4, 0.5) is 19.4 Å². The molecule has 1 fully saturated rings. The lowest BCUT2D eigenvalue weighted by Gasteiger charge is -2.40. The lowest BCUT2D eigenvalue weighted by molar-refractivity contribution is 0.304. The zero-order valence-corrected chi connectivity index (χ0v) is 17.2. The van der Waals surface area contributed by atoms with Crippen molar-refractivity contribution in [1.82, 2.24) is 0 Å². The van der Waals surface area contributed by atoms with Crippen molar-refractivity contribution in [3.8, 4) is 5.75 Å². The molecule has 0 spiro atoms. The summed E-state index contributed by atoms with van der Waals surface area (Å²) in [7, 11) is -9.64. The molecule has 29 heavy (non-hydrogen) atoms. The Balaban J connectivity index is 1.55. The molecule has 0 atom stereocenters. The van der Waals surface area contributed by atoms with Crippen LogP contribution in [-0.4, -0.2) is 0 Å². The fourth-order valence-corrected chi connectivity index (χ4v) is 4.69. The van der Waals surface area contributed by atoms with Crippen LogP contribution in [0.5, 0.6) is 5.75 Å². The second-order valence-corrected chi connectivity index (χ2v) is 10.4. The minimum absolute atomic E-state index is 0.119. The third kappa shape index (κ3) is 6.11. The molecule has 0 unspecified atom stereocenters. The van der Waals surface area contributed by atoms with E-state index in [0.29, 0.717) is 18.1 Å². The van der Waals surface area contributed by atoms with Crippen molar-refractivity contribution in [2.45, 2.75) is 62.9 Å². The Morgan fingerprint density at radius 2 is 1.41 bits per heavy atom. The summed E-state index contributed by atoms with van der Waals surface area (Å²) in [6.07, 6.45) is 7.52. The molecule has 0 aromatic heterocycles. The first-order valence-electron chi connectivity index (χ1n) is 10.0. The minimum atomic E-state index is -9.64. The Bertz CT molecular complexity index is 808. The summed E-state index contributed by atoms with van der Waals surface area (Å²) in [5.41, 5.74) is 2.19. The Kier molecular flexibility index (Phi) is 5.67. The highest BCUT2D eigenvalue weighted by atomic mass is 32.5. The molecule has 1 nitrogen and oxygen atoms in total. The van der Waals surface area contributed by atoms with Crippen LogP contribution in [0.25, 0.3) is 0 Å². The van der Waals surface area contributed by atoms with E-state index in [2.05, 4.69) is 19.1 Å². The summed E-state index contributed by atoms with van der Waals surface area (Å²) in [5, 5.41) is 0. The molecular weight excluding hydrogens is 407 g/mol. The molecule has 0 saturated heterocycles. The van der Waals surface area contributed by atoms with E-state index in [-0.39, 0.29) is 12.4 Å². The standard InChI is InChI=1S/C22H27F5OS/c1-2-3-17-4-8-19(9-5-17)20-10-6-18(7-11-20)16-28-21-12-14-22(15-13-21)29(23,24,25,26)27/h6-7,10-15,17,19H,2-5,8-9,16H2,1H3. The Morgan fingerprint density at radius 3 is 1.93 bits per heavy atom. The van der Waals surface area contributed by atoms with Gasteiger partial charge in [0.25, 0.3) is 0 Å². The fraction of sp³-hybridized carbons (Fsp3) is 0.455. The molecule has 1 aliphatic rings. The SMILES string of the molecule is CCCC1CCC(c2ccc(COc3ccc(S(F)(F)(F)(F)F)cc3)cc2)CC1. The third-order valence-electron chi connectivity index (χ3n) is 5.67. The van der Waals surface area contributed by atoms with Crippen molar-refractivity contribution in [3.05, 3.63) is 59.7 Å². The summed E-state index contributed by atoms with van der Waals surface area (Å²) < 4.78 is 69.2. The van der Waals surface area contributed by atoms with Crippen molar-refractivity contribution in [2.24, 2.45) is 5.92 Å².